The molecule has 0 amide bonds. The topological polar surface area (TPSA) is 0 Å². The Labute approximate surface area is 145 Å². The van der Waals surface area contributed by atoms with Gasteiger partial charge in [-0.1, -0.05) is 25.1 Å². The Morgan fingerprint density at radius 3 is 2.08 bits per heavy atom. The summed E-state index contributed by atoms with van der Waals surface area (Å²) < 4.78 is 26.5. The Balaban J connectivity index is 1.49. The van der Waals surface area contributed by atoms with Crippen LogP contribution in [0.4, 0.5) is 8.78 Å². The number of halogens is 2. The standard InChI is InChI=1S/C22H30F2/c1-2-3-4-16-5-7-17(8-6-16)18-9-11-19(12-10-18)20-13-14-21(23)22(24)15-20/h3-4,13-19H,2,5-12H2,1H3. The van der Waals surface area contributed by atoms with Gasteiger partial charge in [-0.05, 0) is 99.2 Å². The normalized spacial score (nSPS) is 31.5. The van der Waals surface area contributed by atoms with E-state index in [1.165, 1.54) is 50.7 Å². The molecule has 24 heavy (non-hydrogen) atoms. The minimum atomic E-state index is -0.735. The van der Waals surface area contributed by atoms with Crippen LogP contribution in [0.2, 0.25) is 0 Å². The molecule has 2 fully saturated rings. The van der Waals surface area contributed by atoms with Crippen molar-refractivity contribution in [1.29, 1.82) is 0 Å². The molecule has 0 N–H and O–H groups in total. The second kappa shape index (κ2) is 8.27. The molecule has 132 valence electrons. The highest BCUT2D eigenvalue weighted by molar-refractivity contribution is 5.22. The van der Waals surface area contributed by atoms with E-state index in [0.717, 1.165) is 42.6 Å². The summed E-state index contributed by atoms with van der Waals surface area (Å²) in [6, 6.07) is 4.46. The summed E-state index contributed by atoms with van der Waals surface area (Å²) >= 11 is 0. The largest absolute Gasteiger partial charge is 0.204 e. The zero-order valence-corrected chi connectivity index (χ0v) is 14.8. The van der Waals surface area contributed by atoms with E-state index in [1.54, 1.807) is 6.07 Å². The van der Waals surface area contributed by atoms with Gasteiger partial charge in [-0.2, -0.15) is 0 Å². The molecule has 0 atom stereocenters. The van der Waals surface area contributed by atoms with Gasteiger partial charge in [0.1, 0.15) is 0 Å². The second-order valence-electron chi connectivity index (χ2n) is 7.80. The van der Waals surface area contributed by atoms with Crippen LogP contribution in [0.5, 0.6) is 0 Å². The molecular formula is C22H30F2. The smallest absolute Gasteiger partial charge is 0.159 e. The van der Waals surface area contributed by atoms with Gasteiger partial charge in [-0.15, -0.1) is 0 Å². The summed E-state index contributed by atoms with van der Waals surface area (Å²) in [5.74, 6) is 1.53. The van der Waals surface area contributed by atoms with Gasteiger partial charge in [0.2, 0.25) is 0 Å². The first-order chi connectivity index (χ1) is 11.7. The molecule has 0 saturated heterocycles. The summed E-state index contributed by atoms with van der Waals surface area (Å²) in [5.41, 5.74) is 0.987. The average molecular weight is 332 g/mol. The lowest BCUT2D eigenvalue weighted by molar-refractivity contribution is 0.171. The van der Waals surface area contributed by atoms with Gasteiger partial charge in [0.05, 0.1) is 0 Å². The molecule has 0 nitrogen and oxygen atoms in total. The van der Waals surface area contributed by atoms with Crippen molar-refractivity contribution in [3.05, 3.63) is 47.5 Å². The first-order valence-electron chi connectivity index (χ1n) is 9.79. The molecule has 2 saturated carbocycles. The van der Waals surface area contributed by atoms with E-state index in [2.05, 4.69) is 19.1 Å². The molecule has 0 bridgehead atoms. The maximum Gasteiger partial charge on any atom is 0.159 e. The molecule has 1 aromatic rings. The number of hydrogen-bond acceptors (Lipinski definition) is 0. The van der Waals surface area contributed by atoms with E-state index in [4.69, 9.17) is 0 Å². The van der Waals surface area contributed by atoms with Gasteiger partial charge < -0.3 is 0 Å². The Bertz CT molecular complexity index is 547. The van der Waals surface area contributed by atoms with Crippen molar-refractivity contribution < 1.29 is 8.78 Å². The van der Waals surface area contributed by atoms with Crippen molar-refractivity contribution in [3.63, 3.8) is 0 Å². The van der Waals surface area contributed by atoms with Gasteiger partial charge in [0.25, 0.3) is 0 Å². The minimum absolute atomic E-state index is 0.417. The quantitative estimate of drug-likeness (QED) is 0.520. The van der Waals surface area contributed by atoms with E-state index >= 15 is 0 Å². The zero-order chi connectivity index (χ0) is 16.9. The molecule has 3 rings (SSSR count). The van der Waals surface area contributed by atoms with Crippen LogP contribution in [-0.2, 0) is 0 Å². The summed E-state index contributed by atoms with van der Waals surface area (Å²) in [4.78, 5) is 0. The van der Waals surface area contributed by atoms with Crippen molar-refractivity contribution in [2.75, 3.05) is 0 Å². The van der Waals surface area contributed by atoms with E-state index in [0.29, 0.717) is 5.92 Å². The van der Waals surface area contributed by atoms with Crippen LogP contribution in [0.3, 0.4) is 0 Å². The number of benzene rings is 1. The van der Waals surface area contributed by atoms with Gasteiger partial charge in [0, 0.05) is 0 Å². The van der Waals surface area contributed by atoms with Gasteiger partial charge in [0.15, 0.2) is 11.6 Å². The van der Waals surface area contributed by atoms with Crippen molar-refractivity contribution in [2.24, 2.45) is 17.8 Å². The lowest BCUT2D eigenvalue weighted by Gasteiger charge is -2.37. The maximum atomic E-state index is 13.4. The van der Waals surface area contributed by atoms with E-state index in [1.807, 2.05) is 0 Å². The van der Waals surface area contributed by atoms with Crippen molar-refractivity contribution >= 4 is 0 Å². The van der Waals surface area contributed by atoms with Crippen molar-refractivity contribution in [3.8, 4) is 0 Å². The lowest BCUT2D eigenvalue weighted by Crippen LogP contribution is -2.25. The SMILES string of the molecule is CCC=CC1CCC(C2CCC(c3ccc(F)c(F)c3)CC2)CC1. The van der Waals surface area contributed by atoms with Crippen molar-refractivity contribution in [1.82, 2.24) is 0 Å². The fourth-order valence-corrected chi connectivity index (χ4v) is 4.83. The van der Waals surface area contributed by atoms with Crippen LogP contribution in [-0.4, -0.2) is 0 Å². The predicted molar refractivity (Wildman–Crippen MR) is 95.9 cm³/mol. The van der Waals surface area contributed by atoms with Gasteiger partial charge in [-0.3, -0.25) is 0 Å². The number of hydrogen-bond donors (Lipinski definition) is 0. The molecule has 2 aliphatic rings. The van der Waals surface area contributed by atoms with Crippen molar-refractivity contribution in [2.45, 2.75) is 70.6 Å². The molecule has 2 aliphatic carbocycles. The van der Waals surface area contributed by atoms with Crippen LogP contribution >= 0.6 is 0 Å². The third kappa shape index (κ3) is 4.26. The zero-order valence-electron chi connectivity index (χ0n) is 14.8. The Hall–Kier alpha value is -1.18. The molecule has 0 unspecified atom stereocenters. The van der Waals surface area contributed by atoms with Crippen LogP contribution < -0.4 is 0 Å². The molecule has 0 radical (unpaired) electrons. The van der Waals surface area contributed by atoms with E-state index in [9.17, 15) is 8.78 Å². The average Bonchev–Trinajstić information content (AvgIpc) is 2.63. The summed E-state index contributed by atoms with van der Waals surface area (Å²) in [5, 5.41) is 0. The van der Waals surface area contributed by atoms with Crippen LogP contribution in [0.1, 0.15) is 76.2 Å². The number of rotatable bonds is 4. The summed E-state index contributed by atoms with van der Waals surface area (Å²) in [6.45, 7) is 2.20. The summed E-state index contributed by atoms with van der Waals surface area (Å²) in [7, 11) is 0. The molecule has 0 heterocycles. The molecular weight excluding hydrogens is 302 g/mol. The second-order valence-corrected chi connectivity index (χ2v) is 7.80. The third-order valence-corrected chi connectivity index (χ3v) is 6.31. The molecule has 2 heteroatoms. The Kier molecular flexibility index (Phi) is 6.08. The fourth-order valence-electron chi connectivity index (χ4n) is 4.83. The Morgan fingerprint density at radius 2 is 1.50 bits per heavy atom. The predicted octanol–water partition coefficient (Wildman–Crippen LogP) is 7.01. The monoisotopic (exact) mass is 332 g/mol. The maximum absolute atomic E-state index is 13.4. The summed E-state index contributed by atoms with van der Waals surface area (Å²) in [6.07, 6.45) is 16.1. The first-order valence-corrected chi connectivity index (χ1v) is 9.79. The van der Waals surface area contributed by atoms with E-state index < -0.39 is 11.6 Å². The highest BCUT2D eigenvalue weighted by atomic mass is 19.2. The molecule has 0 aliphatic heterocycles. The fraction of sp³-hybridized carbons (Fsp3) is 0.636. The number of allylic oxidation sites excluding steroid dienone is 2. The molecule has 1 aromatic carbocycles. The highest BCUT2D eigenvalue weighted by Crippen LogP contribution is 2.44. The van der Waals surface area contributed by atoms with E-state index in [-0.39, 0.29) is 0 Å². The molecule has 0 spiro atoms. The molecule has 0 aromatic heterocycles. The van der Waals surface area contributed by atoms with Gasteiger partial charge in [-0.25, -0.2) is 8.78 Å². The first kappa shape index (κ1) is 17.6. The van der Waals surface area contributed by atoms with Crippen LogP contribution in [0, 0.1) is 29.4 Å². The van der Waals surface area contributed by atoms with Crippen LogP contribution in [0.25, 0.3) is 0 Å². The van der Waals surface area contributed by atoms with Crippen LogP contribution in [0.15, 0.2) is 30.4 Å². The van der Waals surface area contributed by atoms with Gasteiger partial charge >= 0.3 is 0 Å². The highest BCUT2D eigenvalue weighted by Gasteiger charge is 2.30. The Morgan fingerprint density at radius 1 is 0.875 bits per heavy atom. The minimum Gasteiger partial charge on any atom is -0.204 e. The third-order valence-electron chi connectivity index (χ3n) is 6.31. The lowest BCUT2D eigenvalue weighted by atomic mass is 9.68.